The molecular weight excluding hydrogens is 324 g/mol. The lowest BCUT2D eigenvalue weighted by Crippen LogP contribution is -2.48. The van der Waals surface area contributed by atoms with E-state index in [-0.39, 0.29) is 18.3 Å². The molecule has 6 nitrogen and oxygen atoms in total. The average molecular weight is 347 g/mol. The fraction of sp³-hybridized carbons (Fsp3) is 0.714. The fourth-order valence-electron chi connectivity index (χ4n) is 3.06. The van der Waals surface area contributed by atoms with E-state index in [9.17, 15) is 4.79 Å². The number of likely N-dealkylation sites (tertiary alicyclic amines) is 1. The summed E-state index contributed by atoms with van der Waals surface area (Å²) < 4.78 is 5.32. The third kappa shape index (κ3) is 4.32. The van der Waals surface area contributed by atoms with E-state index < -0.39 is 0 Å². The van der Waals surface area contributed by atoms with Crippen LogP contribution in [0.2, 0.25) is 0 Å². The second-order valence-corrected chi connectivity index (χ2v) is 6.82. The van der Waals surface area contributed by atoms with Gasteiger partial charge in [0, 0.05) is 37.3 Å². The minimum atomic E-state index is 0. The summed E-state index contributed by atoms with van der Waals surface area (Å²) in [6, 6.07) is 0. The van der Waals surface area contributed by atoms with Crippen molar-refractivity contribution in [2.45, 2.75) is 19.4 Å². The van der Waals surface area contributed by atoms with Gasteiger partial charge in [0.25, 0.3) is 0 Å². The van der Waals surface area contributed by atoms with E-state index in [2.05, 4.69) is 9.88 Å². The van der Waals surface area contributed by atoms with Gasteiger partial charge in [-0.2, -0.15) is 0 Å². The zero-order valence-corrected chi connectivity index (χ0v) is 14.2. The summed E-state index contributed by atoms with van der Waals surface area (Å²) in [4.78, 5) is 22.1. The Labute approximate surface area is 141 Å². The minimum Gasteiger partial charge on any atom is -0.378 e. The number of anilines is 1. The van der Waals surface area contributed by atoms with Crippen LogP contribution in [0.5, 0.6) is 0 Å². The zero-order chi connectivity index (χ0) is 14.7. The van der Waals surface area contributed by atoms with Crippen molar-refractivity contribution < 1.29 is 9.53 Å². The molecule has 1 aromatic rings. The summed E-state index contributed by atoms with van der Waals surface area (Å²) in [6.45, 7) is 5.55. The highest BCUT2D eigenvalue weighted by atomic mass is 35.5. The molecule has 2 aliphatic rings. The molecule has 2 fully saturated rings. The predicted octanol–water partition coefficient (Wildman–Crippen LogP) is 1.22. The second kappa shape index (κ2) is 8.10. The predicted molar refractivity (Wildman–Crippen MR) is 89.2 cm³/mol. The topological polar surface area (TPSA) is 71.7 Å². The van der Waals surface area contributed by atoms with Crippen LogP contribution in [0.1, 0.15) is 17.7 Å². The number of amides is 1. The first-order chi connectivity index (χ1) is 10.2. The van der Waals surface area contributed by atoms with Crippen molar-refractivity contribution in [3.8, 4) is 0 Å². The molecule has 22 heavy (non-hydrogen) atoms. The molecule has 3 heterocycles. The quantitative estimate of drug-likeness (QED) is 0.891. The fourth-order valence-corrected chi connectivity index (χ4v) is 3.79. The van der Waals surface area contributed by atoms with Crippen molar-refractivity contribution in [1.29, 1.82) is 0 Å². The molecule has 1 unspecified atom stereocenters. The Morgan fingerprint density at radius 1 is 1.41 bits per heavy atom. The number of halogens is 1. The van der Waals surface area contributed by atoms with Crippen LogP contribution in [0.15, 0.2) is 6.20 Å². The lowest BCUT2D eigenvalue weighted by molar-refractivity contribution is -0.141. The van der Waals surface area contributed by atoms with Gasteiger partial charge >= 0.3 is 0 Å². The lowest BCUT2D eigenvalue weighted by Gasteiger charge is -2.36. The average Bonchev–Trinajstić information content (AvgIpc) is 2.93. The Hall–Kier alpha value is -0.890. The number of hydrogen-bond acceptors (Lipinski definition) is 6. The van der Waals surface area contributed by atoms with Crippen molar-refractivity contribution in [3.05, 3.63) is 11.1 Å². The normalized spacial score (nSPS) is 23.1. The number of carbonyl (C=O) groups is 1. The smallest absolute Gasteiger partial charge is 0.227 e. The summed E-state index contributed by atoms with van der Waals surface area (Å²) in [5.74, 6) is 0.425. The first kappa shape index (κ1) is 17.5. The van der Waals surface area contributed by atoms with Crippen molar-refractivity contribution in [1.82, 2.24) is 14.8 Å². The van der Waals surface area contributed by atoms with Gasteiger partial charge in [-0.1, -0.05) is 0 Å². The molecule has 0 radical (unpaired) electrons. The molecule has 0 aromatic carbocycles. The number of carbonyl (C=O) groups excluding carboxylic acids is 1. The van der Waals surface area contributed by atoms with Gasteiger partial charge in [-0.3, -0.25) is 9.69 Å². The maximum atomic E-state index is 12.6. The van der Waals surface area contributed by atoms with Gasteiger partial charge in [-0.15, -0.1) is 23.7 Å². The first-order valence-electron chi connectivity index (χ1n) is 7.51. The summed E-state index contributed by atoms with van der Waals surface area (Å²) in [5.41, 5.74) is 5.67. The van der Waals surface area contributed by atoms with Crippen LogP contribution in [0.25, 0.3) is 0 Å². The van der Waals surface area contributed by atoms with Crippen LogP contribution in [0.4, 0.5) is 5.13 Å². The minimum absolute atomic E-state index is 0. The lowest BCUT2D eigenvalue weighted by atomic mass is 9.96. The molecule has 1 atom stereocenters. The number of nitrogen functional groups attached to an aromatic ring is 1. The molecule has 0 spiro atoms. The number of piperidine rings is 1. The van der Waals surface area contributed by atoms with E-state index >= 15 is 0 Å². The molecule has 0 aliphatic carbocycles. The summed E-state index contributed by atoms with van der Waals surface area (Å²) >= 11 is 1.53. The standard InChI is InChI=1S/C14H22N4O2S.ClH/c15-14-16-8-12(21-14)10-17-3-1-2-11(9-17)13(19)18-4-6-20-7-5-18;/h8,11H,1-7,9-10H2,(H2,15,16);1H. The molecule has 8 heteroatoms. The van der Waals surface area contributed by atoms with Crippen LogP contribution >= 0.6 is 23.7 Å². The van der Waals surface area contributed by atoms with Crippen molar-refractivity contribution in [2.75, 3.05) is 45.1 Å². The Morgan fingerprint density at radius 3 is 2.86 bits per heavy atom. The zero-order valence-electron chi connectivity index (χ0n) is 12.6. The van der Waals surface area contributed by atoms with Gasteiger partial charge < -0.3 is 15.4 Å². The monoisotopic (exact) mass is 346 g/mol. The van der Waals surface area contributed by atoms with Gasteiger partial charge in [0.15, 0.2) is 5.13 Å². The molecule has 1 amide bonds. The van der Waals surface area contributed by atoms with Gasteiger partial charge in [0.05, 0.1) is 19.1 Å². The first-order valence-corrected chi connectivity index (χ1v) is 8.33. The van der Waals surface area contributed by atoms with Crippen LogP contribution in [0, 0.1) is 5.92 Å². The number of nitrogens with two attached hydrogens (primary N) is 1. The maximum Gasteiger partial charge on any atom is 0.227 e. The van der Waals surface area contributed by atoms with Gasteiger partial charge in [-0.05, 0) is 19.4 Å². The van der Waals surface area contributed by atoms with Crippen molar-refractivity contribution >= 4 is 34.8 Å². The number of ether oxygens (including phenoxy) is 1. The molecule has 0 saturated carbocycles. The molecule has 3 rings (SSSR count). The van der Waals surface area contributed by atoms with Crippen LogP contribution < -0.4 is 5.73 Å². The Morgan fingerprint density at radius 2 is 2.18 bits per heavy atom. The van der Waals surface area contributed by atoms with Crippen LogP contribution in [-0.2, 0) is 16.1 Å². The van der Waals surface area contributed by atoms with Gasteiger partial charge in [0.2, 0.25) is 5.91 Å². The highest BCUT2D eigenvalue weighted by Gasteiger charge is 2.30. The molecule has 1 aromatic heterocycles. The molecule has 0 bridgehead atoms. The van der Waals surface area contributed by atoms with Crippen LogP contribution in [-0.4, -0.2) is 60.1 Å². The number of aromatic nitrogens is 1. The van der Waals surface area contributed by atoms with E-state index in [0.29, 0.717) is 24.3 Å². The molecular formula is C14H23ClN4O2S. The summed E-state index contributed by atoms with van der Waals surface area (Å²) in [5, 5.41) is 0.614. The van der Waals surface area contributed by atoms with Crippen molar-refractivity contribution in [3.63, 3.8) is 0 Å². The number of thiazole rings is 1. The van der Waals surface area contributed by atoms with Crippen LogP contribution in [0.3, 0.4) is 0 Å². The van der Waals surface area contributed by atoms with Gasteiger partial charge in [0.1, 0.15) is 0 Å². The third-order valence-corrected chi connectivity index (χ3v) is 4.94. The van der Waals surface area contributed by atoms with E-state index in [1.54, 1.807) is 0 Å². The maximum absolute atomic E-state index is 12.6. The Bertz CT molecular complexity index is 493. The molecule has 2 aliphatic heterocycles. The number of hydrogen-bond donors (Lipinski definition) is 1. The van der Waals surface area contributed by atoms with Crippen molar-refractivity contribution in [2.24, 2.45) is 5.92 Å². The molecule has 124 valence electrons. The van der Waals surface area contributed by atoms with E-state index in [0.717, 1.165) is 45.6 Å². The van der Waals surface area contributed by atoms with E-state index in [1.807, 2.05) is 11.1 Å². The summed E-state index contributed by atoms with van der Waals surface area (Å²) in [7, 11) is 0. The van der Waals surface area contributed by atoms with Gasteiger partial charge in [-0.25, -0.2) is 4.98 Å². The Balaban J connectivity index is 0.00000176. The highest BCUT2D eigenvalue weighted by molar-refractivity contribution is 7.15. The second-order valence-electron chi connectivity index (χ2n) is 5.68. The van der Waals surface area contributed by atoms with E-state index in [1.165, 1.54) is 16.2 Å². The Kier molecular flexibility index (Phi) is 6.43. The molecule has 2 saturated heterocycles. The molecule has 2 N–H and O–H groups in total. The number of rotatable bonds is 3. The van der Waals surface area contributed by atoms with E-state index in [4.69, 9.17) is 10.5 Å². The third-order valence-electron chi connectivity index (χ3n) is 4.13. The SMILES string of the molecule is Cl.Nc1ncc(CN2CCCC(C(=O)N3CCOCC3)C2)s1. The summed E-state index contributed by atoms with van der Waals surface area (Å²) in [6.07, 6.45) is 3.92. The largest absolute Gasteiger partial charge is 0.378 e. The highest BCUT2D eigenvalue weighted by Crippen LogP contribution is 2.23. The number of morpholine rings is 1. The number of nitrogens with zero attached hydrogens (tertiary/aromatic N) is 3.